The molecule has 0 aliphatic rings. The minimum absolute atomic E-state index is 0.0911. The number of benzene rings is 3. The minimum atomic E-state index is -0.0911. The largest absolute Gasteiger partial charge is 0.345 e. The van der Waals surface area contributed by atoms with Crippen molar-refractivity contribution >= 4 is 28.7 Å². The molecule has 0 saturated heterocycles. The number of hydrogen-bond acceptors (Lipinski definition) is 3. The van der Waals surface area contributed by atoms with Crippen LogP contribution in [0.3, 0.4) is 0 Å². The second kappa shape index (κ2) is 8.10. The zero-order valence-corrected chi connectivity index (χ0v) is 15.5. The van der Waals surface area contributed by atoms with Crippen LogP contribution in [0.15, 0.2) is 83.8 Å². The molecule has 4 rings (SSSR count). The fraction of sp³-hybridized carbons (Fsp3) is 0.0909. The lowest BCUT2D eigenvalue weighted by Gasteiger charge is -2.09. The van der Waals surface area contributed by atoms with Crippen molar-refractivity contribution in [1.82, 2.24) is 15.3 Å². The van der Waals surface area contributed by atoms with Crippen molar-refractivity contribution in [3.05, 3.63) is 95.8 Å². The summed E-state index contributed by atoms with van der Waals surface area (Å²) in [5.74, 6) is 1.49. The number of carbonyl (C=O) groups is 1. The van der Waals surface area contributed by atoms with Gasteiger partial charge in [-0.05, 0) is 29.8 Å². The van der Waals surface area contributed by atoms with Gasteiger partial charge < -0.3 is 10.3 Å². The molecule has 4 aromatic rings. The summed E-state index contributed by atoms with van der Waals surface area (Å²) >= 11 is 1.67. The van der Waals surface area contributed by atoms with Gasteiger partial charge in [-0.25, -0.2) is 4.98 Å². The summed E-state index contributed by atoms with van der Waals surface area (Å²) in [6, 6.07) is 25.8. The Morgan fingerprint density at radius 3 is 2.52 bits per heavy atom. The van der Waals surface area contributed by atoms with Crippen molar-refractivity contribution in [1.29, 1.82) is 0 Å². The standard InChI is InChI=1S/C22H19N3OS/c26-22(23-14-21-24-18-11-5-6-12-19(18)25-21)17-10-4-7-13-20(17)27-15-16-8-2-1-3-9-16/h1-13H,14-15H2,(H,23,26)(H,24,25). The molecule has 4 nitrogen and oxygen atoms in total. The Hall–Kier alpha value is -3.05. The Kier molecular flexibility index (Phi) is 5.21. The van der Waals surface area contributed by atoms with Gasteiger partial charge in [0.05, 0.1) is 23.1 Å². The first-order valence-electron chi connectivity index (χ1n) is 8.77. The fourth-order valence-electron chi connectivity index (χ4n) is 2.86. The van der Waals surface area contributed by atoms with E-state index in [1.807, 2.05) is 66.7 Å². The number of imidazole rings is 1. The van der Waals surface area contributed by atoms with Crippen LogP contribution in [-0.4, -0.2) is 15.9 Å². The maximum absolute atomic E-state index is 12.7. The maximum atomic E-state index is 12.7. The van der Waals surface area contributed by atoms with Gasteiger partial charge in [0, 0.05) is 10.6 Å². The summed E-state index contributed by atoms with van der Waals surface area (Å²) in [6.07, 6.45) is 0. The molecule has 0 spiro atoms. The Labute approximate surface area is 162 Å². The molecule has 1 aromatic heterocycles. The molecule has 3 aromatic carbocycles. The lowest BCUT2D eigenvalue weighted by molar-refractivity contribution is 0.0947. The third-order valence-corrected chi connectivity index (χ3v) is 5.37. The van der Waals surface area contributed by atoms with Crippen LogP contribution in [0.25, 0.3) is 11.0 Å². The molecule has 0 radical (unpaired) electrons. The van der Waals surface area contributed by atoms with Crippen LogP contribution >= 0.6 is 11.8 Å². The van der Waals surface area contributed by atoms with E-state index in [4.69, 9.17) is 0 Å². The molecule has 1 amide bonds. The maximum Gasteiger partial charge on any atom is 0.252 e. The van der Waals surface area contributed by atoms with Crippen molar-refractivity contribution in [3.63, 3.8) is 0 Å². The first-order chi connectivity index (χ1) is 13.3. The average molecular weight is 373 g/mol. The fourth-order valence-corrected chi connectivity index (χ4v) is 3.87. The topological polar surface area (TPSA) is 57.8 Å². The van der Waals surface area contributed by atoms with Gasteiger partial charge in [-0.2, -0.15) is 0 Å². The van der Waals surface area contributed by atoms with Crippen LogP contribution in [0.2, 0.25) is 0 Å². The minimum Gasteiger partial charge on any atom is -0.345 e. The van der Waals surface area contributed by atoms with Crippen LogP contribution < -0.4 is 5.32 Å². The zero-order valence-electron chi connectivity index (χ0n) is 14.7. The number of nitrogens with zero attached hydrogens (tertiary/aromatic N) is 1. The smallest absolute Gasteiger partial charge is 0.252 e. The molecule has 1 heterocycles. The van der Waals surface area contributed by atoms with Crippen molar-refractivity contribution in [2.24, 2.45) is 0 Å². The van der Waals surface area contributed by atoms with E-state index in [0.29, 0.717) is 12.1 Å². The summed E-state index contributed by atoms with van der Waals surface area (Å²) < 4.78 is 0. The van der Waals surface area contributed by atoms with Gasteiger partial charge in [0.2, 0.25) is 0 Å². The SMILES string of the molecule is O=C(NCc1nc2ccccc2[nH]1)c1ccccc1SCc1ccccc1. The number of aromatic nitrogens is 2. The van der Waals surface area contributed by atoms with Crippen molar-refractivity contribution in [2.75, 3.05) is 0 Å². The highest BCUT2D eigenvalue weighted by atomic mass is 32.2. The molecule has 5 heteroatoms. The molecule has 2 N–H and O–H groups in total. The van der Waals surface area contributed by atoms with E-state index < -0.39 is 0 Å². The number of hydrogen-bond donors (Lipinski definition) is 2. The molecule has 0 aliphatic carbocycles. The third-order valence-electron chi connectivity index (χ3n) is 4.22. The van der Waals surface area contributed by atoms with Crippen LogP contribution in [0.1, 0.15) is 21.7 Å². The molecule has 0 unspecified atom stereocenters. The number of rotatable bonds is 6. The zero-order chi connectivity index (χ0) is 18.5. The van der Waals surface area contributed by atoms with Crippen LogP contribution in [0.4, 0.5) is 0 Å². The van der Waals surface area contributed by atoms with E-state index in [2.05, 4.69) is 27.4 Å². The normalized spacial score (nSPS) is 10.8. The molecule has 0 aliphatic heterocycles. The Morgan fingerprint density at radius 1 is 0.926 bits per heavy atom. The first-order valence-corrected chi connectivity index (χ1v) is 9.76. The third kappa shape index (κ3) is 4.20. The number of fused-ring (bicyclic) bond motifs is 1. The predicted octanol–water partition coefficient (Wildman–Crippen LogP) is 4.79. The summed E-state index contributed by atoms with van der Waals surface area (Å²) in [4.78, 5) is 21.4. The molecule has 134 valence electrons. The summed E-state index contributed by atoms with van der Waals surface area (Å²) in [5.41, 5.74) is 3.80. The number of amides is 1. The Bertz CT molecular complexity index is 1030. The van der Waals surface area contributed by atoms with Gasteiger partial charge in [-0.1, -0.05) is 54.6 Å². The monoisotopic (exact) mass is 373 g/mol. The lowest BCUT2D eigenvalue weighted by Crippen LogP contribution is -2.24. The predicted molar refractivity (Wildman–Crippen MR) is 110 cm³/mol. The molecule has 0 atom stereocenters. The Morgan fingerprint density at radius 2 is 1.67 bits per heavy atom. The van der Waals surface area contributed by atoms with Crippen molar-refractivity contribution in [2.45, 2.75) is 17.2 Å². The molecule has 27 heavy (non-hydrogen) atoms. The Balaban J connectivity index is 1.43. The number of nitrogens with one attached hydrogen (secondary N) is 2. The number of carbonyl (C=O) groups excluding carboxylic acids is 1. The van der Waals surface area contributed by atoms with Crippen molar-refractivity contribution in [3.8, 4) is 0 Å². The van der Waals surface area contributed by atoms with E-state index in [-0.39, 0.29) is 5.91 Å². The molecular formula is C22H19N3OS. The molecular weight excluding hydrogens is 354 g/mol. The number of aromatic amines is 1. The molecule has 0 fully saturated rings. The highest BCUT2D eigenvalue weighted by Crippen LogP contribution is 2.26. The number of thioether (sulfide) groups is 1. The van der Waals surface area contributed by atoms with Gasteiger partial charge in [-0.3, -0.25) is 4.79 Å². The van der Waals surface area contributed by atoms with Gasteiger partial charge in [0.25, 0.3) is 5.91 Å². The van der Waals surface area contributed by atoms with Gasteiger partial charge in [-0.15, -0.1) is 11.8 Å². The highest BCUT2D eigenvalue weighted by molar-refractivity contribution is 7.98. The summed E-state index contributed by atoms with van der Waals surface area (Å²) in [7, 11) is 0. The van der Waals surface area contributed by atoms with E-state index in [0.717, 1.165) is 27.5 Å². The van der Waals surface area contributed by atoms with E-state index in [1.54, 1.807) is 11.8 Å². The van der Waals surface area contributed by atoms with Gasteiger partial charge >= 0.3 is 0 Å². The quantitative estimate of drug-likeness (QED) is 0.478. The molecule has 0 saturated carbocycles. The van der Waals surface area contributed by atoms with Gasteiger partial charge in [0.1, 0.15) is 5.82 Å². The van der Waals surface area contributed by atoms with Crippen molar-refractivity contribution < 1.29 is 4.79 Å². The highest BCUT2D eigenvalue weighted by Gasteiger charge is 2.12. The first kappa shape index (κ1) is 17.4. The number of para-hydroxylation sites is 2. The second-order valence-corrected chi connectivity index (χ2v) is 7.17. The lowest BCUT2D eigenvalue weighted by atomic mass is 10.2. The second-order valence-electron chi connectivity index (χ2n) is 6.15. The van der Waals surface area contributed by atoms with Crippen LogP contribution in [-0.2, 0) is 12.3 Å². The summed E-state index contributed by atoms with van der Waals surface area (Å²) in [5, 5.41) is 2.97. The summed E-state index contributed by atoms with van der Waals surface area (Å²) in [6.45, 7) is 0.366. The number of H-pyrrole nitrogens is 1. The van der Waals surface area contributed by atoms with Gasteiger partial charge in [0.15, 0.2) is 0 Å². The van der Waals surface area contributed by atoms with Crippen LogP contribution in [0, 0.1) is 0 Å². The van der Waals surface area contributed by atoms with E-state index >= 15 is 0 Å². The van der Waals surface area contributed by atoms with E-state index in [1.165, 1.54) is 5.56 Å². The van der Waals surface area contributed by atoms with Crippen LogP contribution in [0.5, 0.6) is 0 Å². The molecule has 0 bridgehead atoms. The average Bonchev–Trinajstić information content (AvgIpc) is 3.14. The van der Waals surface area contributed by atoms with E-state index in [9.17, 15) is 4.79 Å².